The van der Waals surface area contributed by atoms with Gasteiger partial charge in [0.2, 0.25) is 10.0 Å². The average Bonchev–Trinajstić information content (AvgIpc) is 2.86. The molecule has 1 aliphatic heterocycles. The number of para-hydroxylation sites is 2. The van der Waals surface area contributed by atoms with E-state index in [2.05, 4.69) is 4.98 Å². The normalized spacial score (nSPS) is 18.2. The molecule has 1 unspecified atom stereocenters. The van der Waals surface area contributed by atoms with Crippen LogP contribution in [0.1, 0.15) is 19.4 Å². The number of carbonyl (C=O) groups is 1. The van der Waals surface area contributed by atoms with E-state index in [-0.39, 0.29) is 23.8 Å². The Morgan fingerprint density at radius 2 is 1.91 bits per heavy atom. The molecule has 186 valence electrons. The molecule has 2 N–H and O–H groups in total. The zero-order valence-electron chi connectivity index (χ0n) is 19.6. The van der Waals surface area contributed by atoms with Gasteiger partial charge in [-0.05, 0) is 32.0 Å². The van der Waals surface area contributed by atoms with Crippen LogP contribution in [0.5, 0.6) is 11.5 Å². The Labute approximate surface area is 208 Å². The summed E-state index contributed by atoms with van der Waals surface area (Å²) in [5.74, 6) is 0.398. The minimum atomic E-state index is -4.15. The number of sulfonamides is 1. The average molecular weight is 518 g/mol. The monoisotopic (exact) mass is 517 g/mol. The fraction of sp³-hybridized carbons (Fsp3) is 0.333. The second kappa shape index (κ2) is 10.0. The number of carbonyl (C=O) groups excluding carboxylic acids is 1. The number of nitrogens with zero attached hydrogens (tertiary/aromatic N) is 2. The highest BCUT2D eigenvalue weighted by atomic mass is 32.2. The van der Waals surface area contributed by atoms with Crippen molar-refractivity contribution >= 4 is 38.6 Å². The predicted octanol–water partition coefficient (Wildman–Crippen LogP) is 3.21. The SMILES string of the molecule is COc1cnc2ccccc2c1COc1ccccc1S(=O)(=O)N1CCSC(C)(C)C1C(=O)NO. The van der Waals surface area contributed by atoms with Crippen LogP contribution in [0.2, 0.25) is 0 Å². The molecule has 0 spiro atoms. The van der Waals surface area contributed by atoms with Crippen LogP contribution in [0.25, 0.3) is 10.9 Å². The van der Waals surface area contributed by atoms with E-state index in [1.54, 1.807) is 43.7 Å². The van der Waals surface area contributed by atoms with E-state index in [9.17, 15) is 18.4 Å². The Bertz CT molecular complexity index is 1350. The zero-order valence-corrected chi connectivity index (χ0v) is 21.2. The molecule has 1 aromatic heterocycles. The summed E-state index contributed by atoms with van der Waals surface area (Å²) in [6.45, 7) is 3.72. The maximum Gasteiger partial charge on any atom is 0.263 e. The number of thioether (sulfide) groups is 1. The van der Waals surface area contributed by atoms with E-state index in [4.69, 9.17) is 9.47 Å². The number of pyridine rings is 1. The van der Waals surface area contributed by atoms with Gasteiger partial charge in [0.15, 0.2) is 0 Å². The number of benzene rings is 2. The van der Waals surface area contributed by atoms with Gasteiger partial charge < -0.3 is 9.47 Å². The largest absolute Gasteiger partial charge is 0.495 e. The Balaban J connectivity index is 1.71. The molecule has 2 aromatic carbocycles. The summed E-state index contributed by atoms with van der Waals surface area (Å²) >= 11 is 1.48. The van der Waals surface area contributed by atoms with Crippen LogP contribution in [0.4, 0.5) is 0 Å². The predicted molar refractivity (Wildman–Crippen MR) is 133 cm³/mol. The fourth-order valence-electron chi connectivity index (χ4n) is 4.28. The Kier molecular flexibility index (Phi) is 7.22. The number of aromatic nitrogens is 1. The van der Waals surface area contributed by atoms with E-state index in [0.717, 1.165) is 20.8 Å². The van der Waals surface area contributed by atoms with E-state index in [1.165, 1.54) is 24.9 Å². The first-order valence-corrected chi connectivity index (χ1v) is 13.4. The number of methoxy groups -OCH3 is 1. The second-order valence-electron chi connectivity index (χ2n) is 8.50. The summed E-state index contributed by atoms with van der Waals surface area (Å²) < 4.78 is 39.5. The van der Waals surface area contributed by atoms with Gasteiger partial charge in [0, 0.05) is 28.0 Å². The topological polar surface area (TPSA) is 118 Å². The summed E-state index contributed by atoms with van der Waals surface area (Å²) in [5, 5.41) is 10.1. The van der Waals surface area contributed by atoms with Gasteiger partial charge in [-0.25, -0.2) is 13.9 Å². The minimum Gasteiger partial charge on any atom is -0.495 e. The Morgan fingerprint density at radius 3 is 2.66 bits per heavy atom. The first kappa shape index (κ1) is 25.2. The van der Waals surface area contributed by atoms with E-state index in [1.807, 2.05) is 24.3 Å². The quantitative estimate of drug-likeness (QED) is 0.362. The van der Waals surface area contributed by atoms with Crippen LogP contribution < -0.4 is 15.0 Å². The number of amides is 1. The van der Waals surface area contributed by atoms with Crippen LogP contribution in [0.3, 0.4) is 0 Å². The standard InChI is InChI=1S/C24H27N3O6S2/c1-24(2)22(23(28)26-29)27(12-13-34-24)35(30,31)21-11-7-6-10-19(21)33-15-17-16-8-4-5-9-18(16)25-14-20(17)32-3/h4-11,14,22,29H,12-13,15H2,1-3H3,(H,26,28). The first-order valence-electron chi connectivity index (χ1n) is 10.9. The van der Waals surface area contributed by atoms with Gasteiger partial charge >= 0.3 is 0 Å². The molecule has 0 saturated carbocycles. The second-order valence-corrected chi connectivity index (χ2v) is 12.1. The van der Waals surface area contributed by atoms with E-state index in [0.29, 0.717) is 11.5 Å². The van der Waals surface area contributed by atoms with Crippen molar-refractivity contribution in [1.82, 2.24) is 14.8 Å². The Morgan fingerprint density at radius 1 is 1.20 bits per heavy atom. The van der Waals surface area contributed by atoms with Crippen molar-refractivity contribution in [3.8, 4) is 11.5 Å². The van der Waals surface area contributed by atoms with Gasteiger partial charge in [0.1, 0.15) is 29.0 Å². The highest BCUT2D eigenvalue weighted by Crippen LogP contribution is 2.40. The molecule has 0 aliphatic carbocycles. The van der Waals surface area contributed by atoms with Crippen LogP contribution in [0.15, 0.2) is 59.6 Å². The maximum atomic E-state index is 13.8. The van der Waals surface area contributed by atoms with Crippen LogP contribution in [-0.4, -0.2) is 59.0 Å². The molecule has 11 heteroatoms. The van der Waals surface area contributed by atoms with Crippen molar-refractivity contribution in [2.75, 3.05) is 19.4 Å². The lowest BCUT2D eigenvalue weighted by molar-refractivity contribution is -0.134. The van der Waals surface area contributed by atoms with Gasteiger partial charge in [-0.1, -0.05) is 30.3 Å². The van der Waals surface area contributed by atoms with Gasteiger partial charge in [0.05, 0.1) is 18.8 Å². The Hall–Kier alpha value is -2.86. The van der Waals surface area contributed by atoms with Crippen molar-refractivity contribution in [3.63, 3.8) is 0 Å². The zero-order chi connectivity index (χ0) is 25.2. The molecule has 1 amide bonds. The van der Waals surface area contributed by atoms with E-state index < -0.39 is 26.7 Å². The van der Waals surface area contributed by atoms with Crippen LogP contribution >= 0.6 is 11.8 Å². The third-order valence-electron chi connectivity index (χ3n) is 5.97. The van der Waals surface area contributed by atoms with Gasteiger partial charge in [0.25, 0.3) is 5.91 Å². The summed E-state index contributed by atoms with van der Waals surface area (Å²) in [6.07, 6.45) is 1.61. The number of hydrogen-bond donors (Lipinski definition) is 2. The van der Waals surface area contributed by atoms with Crippen LogP contribution in [-0.2, 0) is 21.4 Å². The van der Waals surface area contributed by atoms with Crippen molar-refractivity contribution in [2.24, 2.45) is 0 Å². The molecule has 1 saturated heterocycles. The minimum absolute atomic E-state index is 0.0423. The lowest BCUT2D eigenvalue weighted by atomic mass is 10.0. The number of hydroxylamine groups is 1. The third kappa shape index (κ3) is 4.81. The number of rotatable bonds is 7. The molecule has 0 radical (unpaired) electrons. The van der Waals surface area contributed by atoms with Crippen molar-refractivity contribution < 1.29 is 27.9 Å². The lowest BCUT2D eigenvalue weighted by Crippen LogP contribution is -2.61. The van der Waals surface area contributed by atoms with Crippen molar-refractivity contribution in [1.29, 1.82) is 0 Å². The number of fused-ring (bicyclic) bond motifs is 1. The fourth-order valence-corrected chi connectivity index (χ4v) is 7.53. The molecule has 2 heterocycles. The summed E-state index contributed by atoms with van der Waals surface area (Å²) in [4.78, 5) is 16.9. The molecule has 35 heavy (non-hydrogen) atoms. The molecule has 1 fully saturated rings. The molecule has 9 nitrogen and oxygen atoms in total. The molecular weight excluding hydrogens is 490 g/mol. The maximum absolute atomic E-state index is 13.8. The molecule has 4 rings (SSSR count). The highest BCUT2D eigenvalue weighted by Gasteiger charge is 2.48. The number of nitrogens with one attached hydrogen (secondary N) is 1. The van der Waals surface area contributed by atoms with E-state index >= 15 is 0 Å². The molecular formula is C24H27N3O6S2. The molecule has 0 bridgehead atoms. The summed E-state index contributed by atoms with van der Waals surface area (Å²) in [7, 11) is -2.61. The van der Waals surface area contributed by atoms with Gasteiger partial charge in [-0.3, -0.25) is 15.0 Å². The number of hydrogen-bond acceptors (Lipinski definition) is 8. The van der Waals surface area contributed by atoms with Gasteiger partial charge in [-0.2, -0.15) is 16.1 Å². The summed E-state index contributed by atoms with van der Waals surface area (Å²) in [6, 6.07) is 12.8. The number of ether oxygens (including phenoxy) is 2. The van der Waals surface area contributed by atoms with Crippen molar-refractivity contribution in [2.45, 2.75) is 36.1 Å². The highest BCUT2D eigenvalue weighted by molar-refractivity contribution is 8.01. The first-order chi connectivity index (χ1) is 16.7. The lowest BCUT2D eigenvalue weighted by Gasteiger charge is -2.43. The van der Waals surface area contributed by atoms with Crippen LogP contribution in [0, 0.1) is 0 Å². The molecule has 1 atom stereocenters. The van der Waals surface area contributed by atoms with Gasteiger partial charge in [-0.15, -0.1) is 0 Å². The molecule has 1 aliphatic rings. The smallest absolute Gasteiger partial charge is 0.263 e. The third-order valence-corrected chi connectivity index (χ3v) is 9.22. The summed E-state index contributed by atoms with van der Waals surface area (Å²) in [5.41, 5.74) is 3.12. The van der Waals surface area contributed by atoms with Crippen molar-refractivity contribution in [3.05, 3.63) is 60.3 Å². The molecule has 3 aromatic rings.